The summed E-state index contributed by atoms with van der Waals surface area (Å²) in [5.74, 6) is 0. The predicted octanol–water partition coefficient (Wildman–Crippen LogP) is 1.47. The first kappa shape index (κ1) is 7.55. The van der Waals surface area contributed by atoms with Gasteiger partial charge in [0.1, 0.15) is 5.52 Å². The molecule has 2 aromatic rings. The third kappa shape index (κ3) is 1.00. The van der Waals surface area contributed by atoms with E-state index in [-0.39, 0.29) is 0 Å². The Morgan fingerprint density at radius 3 is 2.86 bits per heavy atom. The van der Waals surface area contributed by atoms with E-state index in [1.54, 1.807) is 12.4 Å². The molecule has 0 radical (unpaired) electrons. The number of aromatic nitrogens is 2. The molecule has 0 saturated heterocycles. The zero-order valence-corrected chi connectivity index (χ0v) is 7.62. The van der Waals surface area contributed by atoms with Gasteiger partial charge in [0.25, 0.3) is 0 Å². The third-order valence-corrected chi connectivity index (χ3v) is 2.38. The highest BCUT2D eigenvalue weighted by Gasteiger charge is 2.11. The topological polar surface area (TPSA) is 49.8 Å². The molecule has 0 unspecified atom stereocenters. The lowest BCUT2D eigenvalue weighted by molar-refractivity contribution is 1.05. The predicted molar refractivity (Wildman–Crippen MR) is 56.5 cm³/mol. The Labute approximate surface area is 81.4 Å². The van der Waals surface area contributed by atoms with Crippen molar-refractivity contribution in [3.8, 4) is 0 Å². The minimum atomic E-state index is 0.933. The van der Waals surface area contributed by atoms with Crippen LogP contribution in [0.3, 0.4) is 0 Å². The summed E-state index contributed by atoms with van der Waals surface area (Å²) in [4.78, 5) is 8.59. The van der Waals surface area contributed by atoms with Crippen LogP contribution < -0.4 is 10.6 Å². The number of nitrogens with zero attached hydrogens (tertiary/aromatic N) is 2. The second-order valence-electron chi connectivity index (χ2n) is 3.27. The van der Waals surface area contributed by atoms with Crippen LogP contribution in [-0.2, 0) is 0 Å². The van der Waals surface area contributed by atoms with Gasteiger partial charge in [0, 0.05) is 25.5 Å². The smallest absolute Gasteiger partial charge is 0.114 e. The van der Waals surface area contributed by atoms with Crippen molar-refractivity contribution in [1.29, 1.82) is 0 Å². The Bertz CT molecular complexity index is 481. The largest absolute Gasteiger partial charge is 0.382 e. The molecule has 0 spiro atoms. The monoisotopic (exact) mass is 186 g/mol. The van der Waals surface area contributed by atoms with E-state index in [1.807, 2.05) is 12.1 Å². The Kier molecular flexibility index (Phi) is 1.53. The summed E-state index contributed by atoms with van der Waals surface area (Å²) in [5.41, 5.74) is 4.06. The van der Waals surface area contributed by atoms with E-state index in [9.17, 15) is 0 Å². The molecule has 0 aliphatic carbocycles. The number of anilines is 2. The van der Waals surface area contributed by atoms with Crippen LogP contribution in [0.25, 0.3) is 11.0 Å². The molecule has 4 nitrogen and oxygen atoms in total. The number of fused-ring (bicyclic) bond motifs is 3. The van der Waals surface area contributed by atoms with E-state index in [1.165, 1.54) is 0 Å². The van der Waals surface area contributed by atoms with E-state index in [4.69, 9.17) is 0 Å². The SMILES string of the molecule is c1cnc2c3c(ccc2n1)NCCN3. The first-order valence-electron chi connectivity index (χ1n) is 4.66. The number of hydrogen-bond acceptors (Lipinski definition) is 4. The van der Waals surface area contributed by atoms with Gasteiger partial charge in [-0.25, -0.2) is 0 Å². The van der Waals surface area contributed by atoms with E-state index >= 15 is 0 Å². The fourth-order valence-electron chi connectivity index (χ4n) is 1.75. The van der Waals surface area contributed by atoms with E-state index < -0.39 is 0 Å². The van der Waals surface area contributed by atoms with Gasteiger partial charge in [-0.15, -0.1) is 0 Å². The molecule has 1 aromatic heterocycles. The molecule has 0 bridgehead atoms. The van der Waals surface area contributed by atoms with Gasteiger partial charge in [-0.05, 0) is 12.1 Å². The van der Waals surface area contributed by atoms with E-state index in [0.29, 0.717) is 0 Å². The highest BCUT2D eigenvalue weighted by molar-refractivity contribution is 5.95. The first-order chi connectivity index (χ1) is 6.95. The molecule has 70 valence electrons. The average Bonchev–Trinajstić information content (AvgIpc) is 2.29. The molecule has 1 aromatic carbocycles. The third-order valence-electron chi connectivity index (χ3n) is 2.38. The van der Waals surface area contributed by atoms with Crippen LogP contribution in [0.1, 0.15) is 0 Å². The van der Waals surface area contributed by atoms with Crippen molar-refractivity contribution < 1.29 is 0 Å². The maximum Gasteiger partial charge on any atom is 0.114 e. The zero-order chi connectivity index (χ0) is 9.38. The Balaban J connectivity index is 2.34. The Hall–Kier alpha value is -1.84. The van der Waals surface area contributed by atoms with Gasteiger partial charge < -0.3 is 10.6 Å². The highest BCUT2D eigenvalue weighted by Crippen LogP contribution is 2.30. The summed E-state index contributed by atoms with van der Waals surface area (Å²) in [6.07, 6.45) is 3.43. The van der Waals surface area contributed by atoms with Gasteiger partial charge in [-0.1, -0.05) is 0 Å². The normalized spacial score (nSPS) is 14.3. The molecule has 2 heterocycles. The summed E-state index contributed by atoms with van der Waals surface area (Å²) in [6.45, 7) is 1.89. The van der Waals surface area contributed by atoms with Crippen LogP contribution in [0.4, 0.5) is 11.4 Å². The molecule has 0 fully saturated rings. The molecule has 14 heavy (non-hydrogen) atoms. The van der Waals surface area contributed by atoms with Gasteiger partial charge in [0.15, 0.2) is 0 Å². The Morgan fingerprint density at radius 1 is 1.00 bits per heavy atom. The van der Waals surface area contributed by atoms with Gasteiger partial charge >= 0.3 is 0 Å². The summed E-state index contributed by atoms with van der Waals surface area (Å²) >= 11 is 0. The summed E-state index contributed by atoms with van der Waals surface area (Å²) in [5, 5.41) is 6.67. The van der Waals surface area contributed by atoms with Crippen molar-refractivity contribution in [3.05, 3.63) is 24.5 Å². The van der Waals surface area contributed by atoms with Crippen molar-refractivity contribution in [3.63, 3.8) is 0 Å². The highest BCUT2D eigenvalue weighted by atomic mass is 15.0. The van der Waals surface area contributed by atoms with Crippen molar-refractivity contribution >= 4 is 22.4 Å². The van der Waals surface area contributed by atoms with Gasteiger partial charge in [0.2, 0.25) is 0 Å². The van der Waals surface area contributed by atoms with Crippen LogP contribution in [-0.4, -0.2) is 23.1 Å². The quantitative estimate of drug-likeness (QED) is 0.654. The fraction of sp³-hybridized carbons (Fsp3) is 0.200. The lowest BCUT2D eigenvalue weighted by Crippen LogP contribution is -2.20. The van der Waals surface area contributed by atoms with Crippen LogP contribution in [0.15, 0.2) is 24.5 Å². The number of benzene rings is 1. The van der Waals surface area contributed by atoms with Gasteiger partial charge in [0.05, 0.1) is 16.9 Å². The summed E-state index contributed by atoms with van der Waals surface area (Å²) in [7, 11) is 0. The molecule has 3 rings (SSSR count). The number of hydrogen-bond donors (Lipinski definition) is 2. The maximum atomic E-state index is 4.33. The molecule has 1 aliphatic heterocycles. The van der Waals surface area contributed by atoms with Crippen molar-refractivity contribution in [2.75, 3.05) is 23.7 Å². The fourth-order valence-corrected chi connectivity index (χ4v) is 1.75. The lowest BCUT2D eigenvalue weighted by atomic mass is 10.2. The minimum Gasteiger partial charge on any atom is -0.382 e. The van der Waals surface area contributed by atoms with E-state index in [0.717, 1.165) is 35.5 Å². The number of nitrogens with one attached hydrogen (secondary N) is 2. The molecule has 0 atom stereocenters. The molecule has 4 heteroatoms. The van der Waals surface area contributed by atoms with Crippen molar-refractivity contribution in [2.24, 2.45) is 0 Å². The maximum absolute atomic E-state index is 4.33. The van der Waals surface area contributed by atoms with E-state index in [2.05, 4.69) is 20.6 Å². The molecule has 1 aliphatic rings. The first-order valence-corrected chi connectivity index (χ1v) is 4.66. The molecular weight excluding hydrogens is 176 g/mol. The van der Waals surface area contributed by atoms with Crippen LogP contribution in [0.5, 0.6) is 0 Å². The van der Waals surface area contributed by atoms with Crippen LogP contribution >= 0.6 is 0 Å². The minimum absolute atomic E-state index is 0.933. The average molecular weight is 186 g/mol. The second-order valence-corrected chi connectivity index (χ2v) is 3.27. The zero-order valence-electron chi connectivity index (χ0n) is 7.62. The number of rotatable bonds is 0. The standard InChI is InChI=1S/C10H10N4/c1-2-8-10(14-6-4-12-8)9-7(1)11-3-5-13-9/h1-3,5,12,14H,4,6H2. The molecule has 0 saturated carbocycles. The summed E-state index contributed by atoms with van der Waals surface area (Å²) in [6, 6.07) is 4.03. The summed E-state index contributed by atoms with van der Waals surface area (Å²) < 4.78 is 0. The second kappa shape index (κ2) is 2.83. The lowest BCUT2D eigenvalue weighted by Gasteiger charge is -2.20. The van der Waals surface area contributed by atoms with Crippen molar-refractivity contribution in [1.82, 2.24) is 9.97 Å². The van der Waals surface area contributed by atoms with Crippen LogP contribution in [0, 0.1) is 0 Å². The Morgan fingerprint density at radius 2 is 1.86 bits per heavy atom. The van der Waals surface area contributed by atoms with Crippen molar-refractivity contribution in [2.45, 2.75) is 0 Å². The molecular formula is C10H10N4. The molecule has 0 amide bonds. The molecule has 2 N–H and O–H groups in total. The van der Waals surface area contributed by atoms with Gasteiger partial charge in [-0.3, -0.25) is 9.97 Å². The van der Waals surface area contributed by atoms with Crippen LogP contribution in [0.2, 0.25) is 0 Å². The van der Waals surface area contributed by atoms with Gasteiger partial charge in [-0.2, -0.15) is 0 Å².